The Balaban J connectivity index is 2.47. The Morgan fingerprint density at radius 2 is 2.31 bits per heavy atom. The lowest BCUT2D eigenvalue weighted by molar-refractivity contribution is -0.117. The number of rotatable bonds is 6. The highest BCUT2D eigenvalue weighted by atomic mass is 16.5. The van der Waals surface area contributed by atoms with E-state index in [-0.39, 0.29) is 5.91 Å². The number of carbonyl (C=O) groups is 1. The van der Waals surface area contributed by atoms with E-state index in [1.165, 1.54) is 0 Å². The number of amides is 1. The highest BCUT2D eigenvalue weighted by Gasteiger charge is 2.00. The van der Waals surface area contributed by atoms with E-state index >= 15 is 0 Å². The van der Waals surface area contributed by atoms with Crippen molar-refractivity contribution in [1.82, 2.24) is 10.3 Å². The molecule has 1 rings (SSSR count). The van der Waals surface area contributed by atoms with E-state index in [0.29, 0.717) is 19.5 Å². The molecular weight excluding hydrogens is 206 g/mol. The second-order valence-corrected chi connectivity index (χ2v) is 3.53. The molecule has 0 radical (unpaired) electrons. The maximum atomic E-state index is 10.5. The average Bonchev–Trinajstić information content (AvgIpc) is 2.23. The molecule has 0 atom stereocenters. The minimum Gasteiger partial charge on any atom is -0.497 e. The van der Waals surface area contributed by atoms with Crippen molar-refractivity contribution in [2.75, 3.05) is 13.7 Å². The third-order valence-electron chi connectivity index (χ3n) is 2.07. The third-order valence-corrected chi connectivity index (χ3v) is 2.07. The molecule has 0 saturated heterocycles. The highest BCUT2D eigenvalue weighted by Crippen LogP contribution is 2.12. The number of ether oxygens (including phenoxy) is 1. The van der Waals surface area contributed by atoms with Gasteiger partial charge in [0.15, 0.2) is 0 Å². The highest BCUT2D eigenvalue weighted by molar-refractivity contribution is 5.73. The molecule has 0 aliphatic carbocycles. The number of primary amides is 1. The van der Waals surface area contributed by atoms with Gasteiger partial charge < -0.3 is 15.8 Å². The fourth-order valence-electron chi connectivity index (χ4n) is 1.34. The van der Waals surface area contributed by atoms with Gasteiger partial charge in [-0.05, 0) is 6.92 Å². The molecule has 88 valence electrons. The van der Waals surface area contributed by atoms with Crippen LogP contribution in [0.4, 0.5) is 0 Å². The van der Waals surface area contributed by atoms with Gasteiger partial charge in [-0.15, -0.1) is 0 Å². The lowest BCUT2D eigenvalue weighted by atomic mass is 10.3. The van der Waals surface area contributed by atoms with Crippen molar-refractivity contribution >= 4 is 5.91 Å². The fourth-order valence-corrected chi connectivity index (χ4v) is 1.34. The fraction of sp³-hybridized carbons (Fsp3) is 0.455. The van der Waals surface area contributed by atoms with Crippen molar-refractivity contribution in [2.24, 2.45) is 5.73 Å². The topological polar surface area (TPSA) is 77.2 Å². The van der Waals surface area contributed by atoms with Gasteiger partial charge in [-0.2, -0.15) is 0 Å². The number of nitrogens with one attached hydrogen (secondary N) is 1. The van der Waals surface area contributed by atoms with Crippen molar-refractivity contribution in [3.63, 3.8) is 0 Å². The van der Waals surface area contributed by atoms with Crippen LogP contribution in [0.15, 0.2) is 12.1 Å². The molecule has 1 amide bonds. The number of hydrogen-bond acceptors (Lipinski definition) is 4. The van der Waals surface area contributed by atoms with E-state index < -0.39 is 0 Å². The van der Waals surface area contributed by atoms with Crippen LogP contribution in [-0.4, -0.2) is 24.5 Å². The zero-order chi connectivity index (χ0) is 12.0. The molecule has 0 aliphatic rings. The van der Waals surface area contributed by atoms with E-state index in [1.807, 2.05) is 19.1 Å². The van der Waals surface area contributed by atoms with Gasteiger partial charge in [0.1, 0.15) is 5.75 Å². The molecule has 0 aromatic carbocycles. The molecule has 1 aromatic heterocycles. The summed E-state index contributed by atoms with van der Waals surface area (Å²) in [4.78, 5) is 14.9. The van der Waals surface area contributed by atoms with Gasteiger partial charge in [0, 0.05) is 37.3 Å². The van der Waals surface area contributed by atoms with Gasteiger partial charge in [-0.1, -0.05) is 0 Å². The van der Waals surface area contributed by atoms with E-state index in [9.17, 15) is 4.79 Å². The number of nitrogens with zero attached hydrogens (tertiary/aromatic N) is 1. The third kappa shape index (κ3) is 4.27. The van der Waals surface area contributed by atoms with Gasteiger partial charge in [0.25, 0.3) is 0 Å². The van der Waals surface area contributed by atoms with Gasteiger partial charge in [-0.3, -0.25) is 9.78 Å². The molecule has 5 heteroatoms. The molecule has 0 bridgehead atoms. The lowest BCUT2D eigenvalue weighted by Crippen LogP contribution is -2.22. The Hall–Kier alpha value is -1.62. The van der Waals surface area contributed by atoms with Gasteiger partial charge in [0.2, 0.25) is 5.91 Å². The quantitative estimate of drug-likeness (QED) is 0.683. The van der Waals surface area contributed by atoms with Crippen molar-refractivity contribution in [3.05, 3.63) is 23.5 Å². The second kappa shape index (κ2) is 6.07. The maximum Gasteiger partial charge on any atom is 0.218 e. The Morgan fingerprint density at radius 3 is 2.94 bits per heavy atom. The summed E-state index contributed by atoms with van der Waals surface area (Å²) in [7, 11) is 1.62. The first-order valence-electron chi connectivity index (χ1n) is 5.12. The molecule has 0 unspecified atom stereocenters. The van der Waals surface area contributed by atoms with Gasteiger partial charge in [-0.25, -0.2) is 0 Å². The average molecular weight is 223 g/mol. The van der Waals surface area contributed by atoms with Crippen molar-refractivity contribution in [3.8, 4) is 5.75 Å². The summed E-state index contributed by atoms with van der Waals surface area (Å²) >= 11 is 0. The predicted molar refractivity (Wildman–Crippen MR) is 61.0 cm³/mol. The zero-order valence-electron chi connectivity index (χ0n) is 9.62. The normalized spacial score (nSPS) is 10.1. The summed E-state index contributed by atoms with van der Waals surface area (Å²) in [6.07, 6.45) is 0.336. The van der Waals surface area contributed by atoms with Crippen LogP contribution in [0.2, 0.25) is 0 Å². The Labute approximate surface area is 95.0 Å². The van der Waals surface area contributed by atoms with E-state index in [2.05, 4.69) is 10.3 Å². The number of nitrogens with two attached hydrogens (primary N) is 1. The first-order chi connectivity index (χ1) is 7.61. The van der Waals surface area contributed by atoms with Crippen molar-refractivity contribution in [2.45, 2.75) is 19.9 Å². The van der Waals surface area contributed by atoms with E-state index in [4.69, 9.17) is 10.5 Å². The SMILES string of the molecule is COc1cc(C)nc(CNCCC(N)=O)c1. The zero-order valence-corrected chi connectivity index (χ0v) is 9.62. The number of pyridine rings is 1. The molecular formula is C11H17N3O2. The summed E-state index contributed by atoms with van der Waals surface area (Å²) in [5, 5.41) is 3.09. The number of methoxy groups -OCH3 is 1. The molecule has 0 spiro atoms. The number of carbonyl (C=O) groups excluding carboxylic acids is 1. The summed E-state index contributed by atoms with van der Waals surface area (Å²) in [6, 6.07) is 3.73. The lowest BCUT2D eigenvalue weighted by Gasteiger charge is -2.06. The monoisotopic (exact) mass is 223 g/mol. The smallest absolute Gasteiger partial charge is 0.218 e. The maximum absolute atomic E-state index is 10.5. The van der Waals surface area contributed by atoms with Gasteiger partial charge in [0.05, 0.1) is 12.8 Å². The molecule has 1 heterocycles. The van der Waals surface area contributed by atoms with E-state index in [1.54, 1.807) is 7.11 Å². The number of hydrogen-bond donors (Lipinski definition) is 2. The number of aromatic nitrogens is 1. The van der Waals surface area contributed by atoms with Crippen LogP contribution in [0.25, 0.3) is 0 Å². The molecule has 0 aliphatic heterocycles. The summed E-state index contributed by atoms with van der Waals surface area (Å²) in [6.45, 7) is 3.08. The van der Waals surface area contributed by atoms with Crippen LogP contribution in [0.5, 0.6) is 5.75 Å². The van der Waals surface area contributed by atoms with Gasteiger partial charge >= 0.3 is 0 Å². The summed E-state index contributed by atoms with van der Waals surface area (Å²) in [5.74, 6) is 0.487. The van der Waals surface area contributed by atoms with E-state index in [0.717, 1.165) is 17.1 Å². The summed E-state index contributed by atoms with van der Waals surface area (Å²) < 4.78 is 5.14. The Kier molecular flexibility index (Phi) is 4.72. The largest absolute Gasteiger partial charge is 0.497 e. The Morgan fingerprint density at radius 1 is 1.56 bits per heavy atom. The Bertz CT molecular complexity index is 366. The van der Waals surface area contributed by atoms with Crippen LogP contribution in [-0.2, 0) is 11.3 Å². The molecule has 0 fully saturated rings. The van der Waals surface area contributed by atoms with Crippen LogP contribution in [0.3, 0.4) is 0 Å². The van der Waals surface area contributed by atoms with Crippen LogP contribution < -0.4 is 15.8 Å². The molecule has 5 nitrogen and oxygen atoms in total. The predicted octanol–water partition coefficient (Wildman–Crippen LogP) is 0.364. The first-order valence-corrected chi connectivity index (χ1v) is 5.12. The first kappa shape index (κ1) is 12.4. The van der Waals surface area contributed by atoms with Crippen LogP contribution in [0.1, 0.15) is 17.8 Å². The standard InChI is InChI=1S/C11H17N3O2/c1-8-5-10(16-2)6-9(14-8)7-13-4-3-11(12)15/h5-6,13H,3-4,7H2,1-2H3,(H2,12,15). The van der Waals surface area contributed by atoms with Crippen molar-refractivity contribution < 1.29 is 9.53 Å². The minimum absolute atomic E-state index is 0.303. The van der Waals surface area contributed by atoms with Crippen LogP contribution in [0, 0.1) is 6.92 Å². The van der Waals surface area contributed by atoms with Crippen LogP contribution >= 0.6 is 0 Å². The summed E-state index contributed by atoms with van der Waals surface area (Å²) in [5.41, 5.74) is 6.83. The number of aryl methyl sites for hydroxylation is 1. The molecule has 1 aromatic rings. The molecule has 0 saturated carbocycles. The molecule has 3 N–H and O–H groups in total. The van der Waals surface area contributed by atoms with Crippen molar-refractivity contribution in [1.29, 1.82) is 0 Å². The second-order valence-electron chi connectivity index (χ2n) is 3.53. The molecule has 16 heavy (non-hydrogen) atoms. The minimum atomic E-state index is -0.303.